The summed E-state index contributed by atoms with van der Waals surface area (Å²) in [5, 5.41) is 2.82. The first-order chi connectivity index (χ1) is 15.8. The third-order valence-corrected chi connectivity index (χ3v) is 7.59. The topological polar surface area (TPSA) is 96.0 Å². The number of para-hydroxylation sites is 1. The maximum Gasteiger partial charge on any atom is 0.255 e. The molecule has 0 bridgehead atoms. The van der Waals surface area contributed by atoms with Gasteiger partial charge in [0.15, 0.2) is 0 Å². The first-order valence-corrected chi connectivity index (χ1v) is 12.6. The number of piperidine rings is 1. The maximum atomic E-state index is 12.9. The average molecular weight is 474 g/mol. The standard InChI is InChI=1S/C24H31N3O5S/c1-26(33(30,31)20-14-12-19(32-2)13-15-20)16-8-11-23(28)25-22-10-5-4-9-21(22)24(29)27-17-6-3-7-18-27/h4-5,9-10,12-15H,3,6-8,11,16-18H2,1-2H3,(H,25,28). The second-order valence-corrected chi connectivity index (χ2v) is 10.1. The van der Waals surface area contributed by atoms with E-state index in [9.17, 15) is 18.0 Å². The van der Waals surface area contributed by atoms with Gasteiger partial charge in [0.1, 0.15) is 5.75 Å². The summed E-state index contributed by atoms with van der Waals surface area (Å²) in [5.74, 6) is 0.243. The summed E-state index contributed by atoms with van der Waals surface area (Å²) >= 11 is 0. The first kappa shape index (κ1) is 24.7. The summed E-state index contributed by atoms with van der Waals surface area (Å²) < 4.78 is 31.7. The molecule has 2 amide bonds. The fraction of sp³-hybridized carbons (Fsp3) is 0.417. The van der Waals surface area contributed by atoms with Crippen molar-refractivity contribution in [2.45, 2.75) is 37.0 Å². The number of methoxy groups -OCH3 is 1. The lowest BCUT2D eigenvalue weighted by atomic mass is 10.1. The number of ether oxygens (including phenoxy) is 1. The highest BCUT2D eigenvalue weighted by molar-refractivity contribution is 7.89. The number of carbonyl (C=O) groups is 2. The van der Waals surface area contributed by atoms with E-state index in [1.165, 1.54) is 30.6 Å². The number of likely N-dealkylation sites (tertiary alicyclic amines) is 1. The first-order valence-electron chi connectivity index (χ1n) is 11.1. The molecule has 1 heterocycles. The lowest BCUT2D eigenvalue weighted by molar-refractivity contribution is -0.116. The van der Waals surface area contributed by atoms with E-state index >= 15 is 0 Å². The Morgan fingerprint density at radius 2 is 1.70 bits per heavy atom. The highest BCUT2D eigenvalue weighted by Gasteiger charge is 2.22. The van der Waals surface area contributed by atoms with Gasteiger partial charge in [0.05, 0.1) is 23.3 Å². The van der Waals surface area contributed by atoms with Gasteiger partial charge in [-0.15, -0.1) is 0 Å². The molecule has 3 rings (SSSR count). The minimum Gasteiger partial charge on any atom is -0.497 e. The Balaban J connectivity index is 1.55. The van der Waals surface area contributed by atoms with Crippen LogP contribution in [-0.2, 0) is 14.8 Å². The normalized spacial score (nSPS) is 14.2. The van der Waals surface area contributed by atoms with E-state index in [0.717, 1.165) is 32.4 Å². The van der Waals surface area contributed by atoms with Crippen molar-refractivity contribution in [1.29, 1.82) is 0 Å². The Morgan fingerprint density at radius 3 is 2.36 bits per heavy atom. The lowest BCUT2D eigenvalue weighted by Crippen LogP contribution is -2.36. The summed E-state index contributed by atoms with van der Waals surface area (Å²) in [6.45, 7) is 1.66. The van der Waals surface area contributed by atoms with Gasteiger partial charge in [0.2, 0.25) is 15.9 Å². The molecule has 9 heteroatoms. The quantitative estimate of drug-likeness (QED) is 0.603. The zero-order valence-corrected chi connectivity index (χ0v) is 19.9. The van der Waals surface area contributed by atoms with E-state index in [4.69, 9.17) is 4.74 Å². The van der Waals surface area contributed by atoms with Crippen LogP contribution in [0.5, 0.6) is 5.75 Å². The van der Waals surface area contributed by atoms with Gasteiger partial charge in [-0.1, -0.05) is 12.1 Å². The second kappa shape index (κ2) is 11.3. The number of anilines is 1. The van der Waals surface area contributed by atoms with Crippen molar-refractivity contribution < 1.29 is 22.7 Å². The third kappa shape index (κ3) is 6.33. The minimum atomic E-state index is -3.66. The third-order valence-electron chi connectivity index (χ3n) is 5.72. The zero-order valence-electron chi connectivity index (χ0n) is 19.1. The van der Waals surface area contributed by atoms with Gasteiger partial charge in [0, 0.05) is 33.1 Å². The summed E-state index contributed by atoms with van der Waals surface area (Å²) in [5.41, 5.74) is 0.962. The average Bonchev–Trinajstić information content (AvgIpc) is 2.84. The van der Waals surface area contributed by atoms with Crippen molar-refractivity contribution >= 4 is 27.5 Å². The Hall–Kier alpha value is -2.91. The van der Waals surface area contributed by atoms with E-state index in [2.05, 4.69) is 5.32 Å². The van der Waals surface area contributed by atoms with Crippen LogP contribution >= 0.6 is 0 Å². The second-order valence-electron chi connectivity index (χ2n) is 8.05. The van der Waals surface area contributed by atoms with Gasteiger partial charge < -0.3 is 15.0 Å². The van der Waals surface area contributed by atoms with Crippen LogP contribution in [0, 0.1) is 0 Å². The smallest absolute Gasteiger partial charge is 0.255 e. The Kier molecular flexibility index (Phi) is 8.46. The van der Waals surface area contributed by atoms with Crippen LogP contribution in [0.3, 0.4) is 0 Å². The Morgan fingerprint density at radius 1 is 1.03 bits per heavy atom. The summed E-state index contributed by atoms with van der Waals surface area (Å²) in [4.78, 5) is 27.4. The number of benzene rings is 2. The molecule has 0 spiro atoms. The number of amides is 2. The van der Waals surface area contributed by atoms with Crippen molar-refractivity contribution in [3.8, 4) is 5.75 Å². The van der Waals surface area contributed by atoms with Gasteiger partial charge in [-0.25, -0.2) is 12.7 Å². The molecule has 0 saturated carbocycles. The summed E-state index contributed by atoms with van der Waals surface area (Å²) in [6.07, 6.45) is 3.60. The molecule has 1 aliphatic heterocycles. The molecule has 0 aromatic heterocycles. The highest BCUT2D eigenvalue weighted by atomic mass is 32.2. The van der Waals surface area contributed by atoms with E-state index in [1.54, 1.807) is 36.4 Å². The minimum absolute atomic E-state index is 0.0732. The van der Waals surface area contributed by atoms with E-state index in [0.29, 0.717) is 23.4 Å². The number of rotatable bonds is 9. The van der Waals surface area contributed by atoms with Gasteiger partial charge in [0.25, 0.3) is 5.91 Å². The number of sulfonamides is 1. The molecular weight excluding hydrogens is 442 g/mol. The molecule has 8 nitrogen and oxygen atoms in total. The number of nitrogens with one attached hydrogen (secondary N) is 1. The largest absolute Gasteiger partial charge is 0.497 e. The van der Waals surface area contributed by atoms with Crippen LogP contribution in [0.1, 0.15) is 42.5 Å². The number of hydrogen-bond acceptors (Lipinski definition) is 5. The van der Waals surface area contributed by atoms with Crippen LogP contribution in [-0.4, -0.2) is 63.2 Å². The monoisotopic (exact) mass is 473 g/mol. The molecule has 0 atom stereocenters. The van der Waals surface area contributed by atoms with Crippen LogP contribution in [0.15, 0.2) is 53.4 Å². The van der Waals surface area contributed by atoms with E-state index in [-0.39, 0.29) is 29.7 Å². The molecule has 1 aliphatic rings. The molecule has 0 aliphatic carbocycles. The van der Waals surface area contributed by atoms with E-state index < -0.39 is 10.0 Å². The van der Waals surface area contributed by atoms with Gasteiger partial charge in [-0.2, -0.15) is 0 Å². The SMILES string of the molecule is COc1ccc(S(=O)(=O)N(C)CCCC(=O)Nc2ccccc2C(=O)N2CCCCC2)cc1. The Bertz CT molecular complexity index is 1060. The number of hydrogen-bond donors (Lipinski definition) is 1. The molecule has 2 aromatic carbocycles. The fourth-order valence-electron chi connectivity index (χ4n) is 3.77. The molecular formula is C24H31N3O5S. The molecule has 0 radical (unpaired) electrons. The van der Waals surface area contributed by atoms with Gasteiger partial charge in [-0.3, -0.25) is 9.59 Å². The Labute approximate surface area is 195 Å². The summed E-state index contributed by atoms with van der Waals surface area (Å²) in [7, 11) is -0.649. The fourth-order valence-corrected chi connectivity index (χ4v) is 4.98. The van der Waals surface area contributed by atoms with Crippen LogP contribution in [0.25, 0.3) is 0 Å². The highest BCUT2D eigenvalue weighted by Crippen LogP contribution is 2.21. The predicted molar refractivity (Wildman–Crippen MR) is 127 cm³/mol. The van der Waals surface area contributed by atoms with E-state index in [1.807, 2.05) is 4.90 Å². The van der Waals surface area contributed by atoms with Crippen molar-refractivity contribution in [3.63, 3.8) is 0 Å². The van der Waals surface area contributed by atoms with Crippen LogP contribution in [0.2, 0.25) is 0 Å². The van der Waals surface area contributed by atoms with Crippen molar-refractivity contribution in [1.82, 2.24) is 9.21 Å². The zero-order chi connectivity index (χ0) is 23.8. The lowest BCUT2D eigenvalue weighted by Gasteiger charge is -2.27. The molecule has 2 aromatic rings. The molecule has 178 valence electrons. The molecule has 1 N–H and O–H groups in total. The van der Waals surface area contributed by atoms with Gasteiger partial charge in [-0.05, 0) is 62.1 Å². The van der Waals surface area contributed by atoms with Crippen molar-refractivity contribution in [3.05, 3.63) is 54.1 Å². The van der Waals surface area contributed by atoms with Crippen LogP contribution < -0.4 is 10.1 Å². The van der Waals surface area contributed by atoms with Gasteiger partial charge >= 0.3 is 0 Å². The van der Waals surface area contributed by atoms with Crippen molar-refractivity contribution in [2.24, 2.45) is 0 Å². The molecule has 0 unspecified atom stereocenters. The predicted octanol–water partition coefficient (Wildman–Crippen LogP) is 3.36. The van der Waals surface area contributed by atoms with Crippen molar-refractivity contribution in [2.75, 3.05) is 39.1 Å². The molecule has 1 fully saturated rings. The number of carbonyl (C=O) groups excluding carboxylic acids is 2. The molecule has 1 saturated heterocycles. The molecule has 33 heavy (non-hydrogen) atoms. The van der Waals surface area contributed by atoms with Crippen LogP contribution in [0.4, 0.5) is 5.69 Å². The summed E-state index contributed by atoms with van der Waals surface area (Å²) in [6, 6.07) is 13.2. The maximum absolute atomic E-state index is 12.9. The number of nitrogens with zero attached hydrogens (tertiary/aromatic N) is 2.